The second-order valence-electron chi connectivity index (χ2n) is 1.71. The summed E-state index contributed by atoms with van der Waals surface area (Å²) in [7, 11) is 0. The molecule has 0 aliphatic rings. The van der Waals surface area contributed by atoms with Crippen molar-refractivity contribution in [1.82, 2.24) is 19.7 Å². The van der Waals surface area contributed by atoms with Gasteiger partial charge in [0.05, 0.1) is 24.3 Å². The number of nitrogens with one attached hydrogen (secondary N) is 1. The topological polar surface area (TPSA) is 59.8 Å². The molecule has 0 unspecified atom stereocenters. The van der Waals surface area contributed by atoms with Crippen LogP contribution in [-0.2, 0) is 0 Å². The van der Waals surface area contributed by atoms with E-state index < -0.39 is 0 Å². The minimum atomic E-state index is -0.127. The molecule has 1 heterocycles. The number of aromatic nitrogens is 3. The Morgan fingerprint density at radius 3 is 3.18 bits per heavy atom. The largest absolute Gasteiger partial charge is 0.346 e. The van der Waals surface area contributed by atoms with Gasteiger partial charge in [0.15, 0.2) is 0 Å². The van der Waals surface area contributed by atoms with Crippen LogP contribution in [0.5, 0.6) is 0 Å². The van der Waals surface area contributed by atoms with Gasteiger partial charge in [0.25, 0.3) is 0 Å². The minimum Gasteiger partial charge on any atom is -0.346 e. The van der Waals surface area contributed by atoms with Gasteiger partial charge in [0.1, 0.15) is 0 Å². The predicted molar refractivity (Wildman–Crippen MR) is 42.1 cm³/mol. The first-order chi connectivity index (χ1) is 5.33. The van der Waals surface area contributed by atoms with E-state index in [4.69, 9.17) is 0 Å². The Balaban J connectivity index is 2.37. The summed E-state index contributed by atoms with van der Waals surface area (Å²) >= 11 is 0.968. The molecule has 1 N–H and O–H groups in total. The molecule has 5 nitrogen and oxygen atoms in total. The lowest BCUT2D eigenvalue weighted by Gasteiger charge is -1.97. The van der Waals surface area contributed by atoms with Gasteiger partial charge in [-0.15, -0.1) is 5.10 Å². The normalized spacial score (nSPS) is 9.55. The molecule has 1 aromatic heterocycles. The highest BCUT2D eigenvalue weighted by molar-refractivity contribution is 8.12. The Hall–Kier alpha value is -1.04. The monoisotopic (exact) mass is 172 g/mol. The van der Waals surface area contributed by atoms with Crippen molar-refractivity contribution in [3.63, 3.8) is 0 Å². The van der Waals surface area contributed by atoms with Gasteiger partial charge in [-0.05, 0) is 6.92 Å². The van der Waals surface area contributed by atoms with Gasteiger partial charge in [0, 0.05) is 6.54 Å². The molecule has 1 amide bonds. The number of carbonyl (C=O) groups is 1. The third-order valence-corrected chi connectivity index (χ3v) is 1.59. The molecule has 0 fully saturated rings. The summed E-state index contributed by atoms with van der Waals surface area (Å²) in [6.07, 6.45) is 3.13. The van der Waals surface area contributed by atoms with Crippen molar-refractivity contribution in [3.05, 3.63) is 12.4 Å². The van der Waals surface area contributed by atoms with Crippen LogP contribution < -0.4 is 5.32 Å². The van der Waals surface area contributed by atoms with E-state index in [2.05, 4.69) is 15.6 Å². The van der Waals surface area contributed by atoms with Crippen LogP contribution in [0.15, 0.2) is 12.4 Å². The highest BCUT2D eigenvalue weighted by Crippen LogP contribution is 2.01. The van der Waals surface area contributed by atoms with Crippen molar-refractivity contribution < 1.29 is 4.79 Å². The molecule has 0 aromatic carbocycles. The predicted octanol–water partition coefficient (Wildman–Crippen LogP) is 0.504. The lowest BCUT2D eigenvalue weighted by Crippen LogP contribution is -2.18. The zero-order valence-corrected chi connectivity index (χ0v) is 6.84. The van der Waals surface area contributed by atoms with Gasteiger partial charge < -0.3 is 5.32 Å². The van der Waals surface area contributed by atoms with E-state index in [1.165, 1.54) is 10.3 Å². The van der Waals surface area contributed by atoms with Crippen LogP contribution in [0.2, 0.25) is 0 Å². The second-order valence-corrected chi connectivity index (χ2v) is 2.64. The molecule has 11 heavy (non-hydrogen) atoms. The summed E-state index contributed by atoms with van der Waals surface area (Å²) in [5.74, 6) is 0. The fourth-order valence-electron chi connectivity index (χ4n) is 0.508. The molecule has 0 spiro atoms. The molecule has 1 aromatic rings. The van der Waals surface area contributed by atoms with Gasteiger partial charge >= 0.3 is 5.24 Å². The number of carbonyl (C=O) groups excluding carboxylic acids is 1. The first kappa shape index (κ1) is 8.06. The van der Waals surface area contributed by atoms with Crippen molar-refractivity contribution in [2.75, 3.05) is 6.54 Å². The molecule has 6 heteroatoms. The Morgan fingerprint density at radius 2 is 2.64 bits per heavy atom. The zero-order valence-electron chi connectivity index (χ0n) is 6.02. The molecular formula is C5H8N4OS. The highest BCUT2D eigenvalue weighted by Gasteiger charge is 2.01. The Morgan fingerprint density at radius 1 is 1.82 bits per heavy atom. The van der Waals surface area contributed by atoms with E-state index in [0.717, 1.165) is 11.9 Å². The lowest BCUT2D eigenvalue weighted by molar-refractivity contribution is 0.261. The summed E-state index contributed by atoms with van der Waals surface area (Å²) in [6, 6.07) is 0. The van der Waals surface area contributed by atoms with Crippen molar-refractivity contribution in [1.29, 1.82) is 0 Å². The molecule has 60 valence electrons. The maximum Gasteiger partial charge on any atom is 0.301 e. The summed E-state index contributed by atoms with van der Waals surface area (Å²) < 4.78 is 1.39. The van der Waals surface area contributed by atoms with E-state index in [0.29, 0.717) is 6.54 Å². The van der Waals surface area contributed by atoms with E-state index >= 15 is 0 Å². The van der Waals surface area contributed by atoms with Crippen molar-refractivity contribution >= 4 is 17.2 Å². The van der Waals surface area contributed by atoms with Gasteiger partial charge in [0.2, 0.25) is 0 Å². The van der Waals surface area contributed by atoms with Crippen molar-refractivity contribution in [3.8, 4) is 0 Å². The van der Waals surface area contributed by atoms with Crippen molar-refractivity contribution in [2.24, 2.45) is 0 Å². The molecular weight excluding hydrogens is 164 g/mol. The van der Waals surface area contributed by atoms with Crippen LogP contribution in [0, 0.1) is 0 Å². The number of hydrogen-bond acceptors (Lipinski definition) is 4. The maximum atomic E-state index is 10.9. The molecule has 0 saturated heterocycles. The molecule has 0 aliphatic heterocycles. The molecule has 0 bridgehead atoms. The van der Waals surface area contributed by atoms with Crippen LogP contribution in [0.25, 0.3) is 0 Å². The van der Waals surface area contributed by atoms with Crippen LogP contribution >= 0.6 is 11.9 Å². The number of amides is 1. The van der Waals surface area contributed by atoms with E-state index in [1.807, 2.05) is 6.92 Å². The Kier molecular flexibility index (Phi) is 2.91. The Bertz CT molecular complexity index is 222. The zero-order chi connectivity index (χ0) is 8.10. The summed E-state index contributed by atoms with van der Waals surface area (Å²) in [5, 5.41) is 9.65. The van der Waals surface area contributed by atoms with Gasteiger partial charge in [-0.3, -0.25) is 4.79 Å². The lowest BCUT2D eigenvalue weighted by atomic mass is 10.8. The molecule has 0 atom stereocenters. The third kappa shape index (κ3) is 2.58. The highest BCUT2D eigenvalue weighted by atomic mass is 32.2. The van der Waals surface area contributed by atoms with Crippen LogP contribution in [0.1, 0.15) is 6.92 Å². The van der Waals surface area contributed by atoms with E-state index in [1.54, 1.807) is 6.20 Å². The fourth-order valence-corrected chi connectivity index (χ4v) is 1.08. The average molecular weight is 172 g/mol. The molecule has 1 rings (SSSR count). The van der Waals surface area contributed by atoms with E-state index in [9.17, 15) is 4.79 Å². The third-order valence-electron chi connectivity index (χ3n) is 0.898. The number of rotatable bonds is 2. The fraction of sp³-hybridized carbons (Fsp3) is 0.400. The quantitative estimate of drug-likeness (QED) is 0.705. The first-order valence-corrected chi connectivity index (χ1v) is 3.92. The average Bonchev–Trinajstić information content (AvgIpc) is 2.40. The molecule has 0 radical (unpaired) electrons. The molecule has 0 saturated carbocycles. The van der Waals surface area contributed by atoms with Gasteiger partial charge in [-0.25, -0.2) is 0 Å². The maximum absolute atomic E-state index is 10.9. The van der Waals surface area contributed by atoms with Crippen LogP contribution in [0.4, 0.5) is 4.79 Å². The number of nitrogens with zero attached hydrogens (tertiary/aromatic N) is 3. The van der Waals surface area contributed by atoms with Gasteiger partial charge in [-0.2, -0.15) is 4.09 Å². The van der Waals surface area contributed by atoms with Crippen LogP contribution in [0.3, 0.4) is 0 Å². The second kappa shape index (κ2) is 3.97. The number of hydrogen-bond donors (Lipinski definition) is 1. The summed E-state index contributed by atoms with van der Waals surface area (Å²) in [4.78, 5) is 10.9. The Labute approximate surface area is 68.3 Å². The summed E-state index contributed by atoms with van der Waals surface area (Å²) in [5.41, 5.74) is 0. The SMILES string of the molecule is CCNC(=O)Sn1ccnn1. The summed E-state index contributed by atoms with van der Waals surface area (Å²) in [6.45, 7) is 2.49. The van der Waals surface area contributed by atoms with E-state index in [-0.39, 0.29) is 5.24 Å². The minimum absolute atomic E-state index is 0.127. The smallest absolute Gasteiger partial charge is 0.301 e. The molecule has 0 aliphatic carbocycles. The van der Waals surface area contributed by atoms with Crippen LogP contribution in [-0.4, -0.2) is 26.2 Å². The standard InChI is InChI=1S/C5H8N4OS/c1-2-6-5(10)11-9-4-3-7-8-9/h3-4H,2H2,1H3,(H,6,10). The first-order valence-electron chi connectivity index (χ1n) is 3.15. The van der Waals surface area contributed by atoms with Crippen molar-refractivity contribution in [2.45, 2.75) is 6.92 Å². The van der Waals surface area contributed by atoms with Gasteiger partial charge in [-0.1, -0.05) is 5.21 Å².